The van der Waals surface area contributed by atoms with Crippen molar-refractivity contribution in [3.63, 3.8) is 0 Å². The second-order valence-corrected chi connectivity index (χ2v) is 4.24. The summed E-state index contributed by atoms with van der Waals surface area (Å²) in [5.41, 5.74) is -0.566. The molecule has 1 fully saturated rings. The van der Waals surface area contributed by atoms with Gasteiger partial charge in [-0.3, -0.25) is 4.99 Å². The van der Waals surface area contributed by atoms with Gasteiger partial charge in [0.25, 0.3) is 0 Å². The fourth-order valence-corrected chi connectivity index (χ4v) is 1.79. The number of nitrogens with zero attached hydrogens (tertiary/aromatic N) is 1. The van der Waals surface area contributed by atoms with E-state index in [0.29, 0.717) is 0 Å². The molecule has 2 rings (SSSR count). The van der Waals surface area contributed by atoms with Crippen LogP contribution in [0.15, 0.2) is 17.4 Å². The number of hydrogen-bond acceptors (Lipinski definition) is 3. The first-order valence-electron chi connectivity index (χ1n) is 4.23. The highest BCUT2D eigenvalue weighted by atomic mass is 16.3. The first kappa shape index (κ1) is 7.80. The van der Waals surface area contributed by atoms with Gasteiger partial charge < -0.3 is 10.4 Å². The molecule has 1 heterocycles. The van der Waals surface area contributed by atoms with E-state index in [1.54, 1.807) is 18.6 Å². The molecule has 0 aromatic heterocycles. The van der Waals surface area contributed by atoms with Gasteiger partial charge in [0.2, 0.25) is 0 Å². The van der Waals surface area contributed by atoms with E-state index in [2.05, 4.69) is 24.2 Å². The van der Waals surface area contributed by atoms with Crippen LogP contribution in [0.25, 0.3) is 0 Å². The molecule has 0 aromatic rings. The molecule has 0 spiro atoms. The first-order valence-corrected chi connectivity index (χ1v) is 4.23. The molecule has 2 N–H and O–H groups in total. The van der Waals surface area contributed by atoms with Crippen LogP contribution in [0.2, 0.25) is 0 Å². The number of nitrogens with one attached hydrogen (secondary N) is 1. The van der Waals surface area contributed by atoms with Gasteiger partial charge in [-0.15, -0.1) is 0 Å². The summed E-state index contributed by atoms with van der Waals surface area (Å²) in [5, 5.41) is 13.2. The Morgan fingerprint density at radius 1 is 1.58 bits per heavy atom. The second-order valence-electron chi connectivity index (χ2n) is 4.24. The molecule has 0 saturated heterocycles. The lowest BCUT2D eigenvalue weighted by Crippen LogP contribution is -2.44. The average molecular weight is 166 g/mol. The lowest BCUT2D eigenvalue weighted by Gasteiger charge is -2.23. The van der Waals surface area contributed by atoms with Crippen LogP contribution in [0, 0.1) is 5.41 Å². The summed E-state index contributed by atoms with van der Waals surface area (Å²) < 4.78 is 0. The molecule has 0 aromatic carbocycles. The molecule has 12 heavy (non-hydrogen) atoms. The predicted molar refractivity (Wildman–Crippen MR) is 47.9 cm³/mol. The Morgan fingerprint density at radius 2 is 2.25 bits per heavy atom. The van der Waals surface area contributed by atoms with E-state index < -0.39 is 5.60 Å². The van der Waals surface area contributed by atoms with Crippen LogP contribution in [-0.2, 0) is 0 Å². The first-order chi connectivity index (χ1) is 5.56. The van der Waals surface area contributed by atoms with Crippen LogP contribution in [0.5, 0.6) is 0 Å². The minimum Gasteiger partial charge on any atom is -0.387 e. The van der Waals surface area contributed by atoms with E-state index in [1.165, 1.54) is 0 Å². The number of rotatable bonds is 1. The van der Waals surface area contributed by atoms with Crippen molar-refractivity contribution in [2.45, 2.75) is 31.9 Å². The van der Waals surface area contributed by atoms with Crippen molar-refractivity contribution in [3.05, 3.63) is 12.4 Å². The minimum atomic E-state index is -0.596. The number of aliphatic hydroxyl groups is 1. The molecule has 3 heteroatoms. The SMILES string of the molecule is CC1(C)CC1(O)C1C=NC=CN1. The Bertz CT molecular complexity index is 257. The normalized spacial score (nSPS) is 42.4. The molecule has 0 radical (unpaired) electrons. The Labute approximate surface area is 72.2 Å². The quantitative estimate of drug-likeness (QED) is 0.601. The maximum Gasteiger partial charge on any atom is 0.0956 e. The summed E-state index contributed by atoms with van der Waals surface area (Å²) in [6.07, 6.45) is 6.08. The highest BCUT2D eigenvalue weighted by molar-refractivity contribution is 5.70. The van der Waals surface area contributed by atoms with Gasteiger partial charge in [-0.25, -0.2) is 0 Å². The average Bonchev–Trinajstić information content (AvgIpc) is 2.55. The van der Waals surface area contributed by atoms with Crippen LogP contribution in [0.4, 0.5) is 0 Å². The maximum atomic E-state index is 10.1. The summed E-state index contributed by atoms with van der Waals surface area (Å²) in [7, 11) is 0. The standard InChI is InChI=1S/C9H14N2O/c1-8(2)6-9(8,12)7-5-10-3-4-11-7/h3-5,7,11-12H,6H2,1-2H3. The van der Waals surface area contributed by atoms with Gasteiger partial charge >= 0.3 is 0 Å². The fourth-order valence-electron chi connectivity index (χ4n) is 1.79. The number of hydrogen-bond donors (Lipinski definition) is 2. The lowest BCUT2D eigenvalue weighted by atomic mass is 10.0. The summed E-state index contributed by atoms with van der Waals surface area (Å²) >= 11 is 0. The van der Waals surface area contributed by atoms with Gasteiger partial charge in [-0.2, -0.15) is 0 Å². The molecule has 2 unspecified atom stereocenters. The van der Waals surface area contributed by atoms with Crippen molar-refractivity contribution in [1.82, 2.24) is 5.32 Å². The maximum absolute atomic E-state index is 10.1. The Morgan fingerprint density at radius 3 is 2.67 bits per heavy atom. The molecular weight excluding hydrogens is 152 g/mol. The van der Waals surface area contributed by atoms with Gasteiger partial charge in [-0.05, 0) is 11.8 Å². The molecule has 66 valence electrons. The predicted octanol–water partition coefficient (Wildman–Crippen LogP) is 0.661. The van der Waals surface area contributed by atoms with Crippen molar-refractivity contribution in [3.8, 4) is 0 Å². The Hall–Kier alpha value is -0.830. The van der Waals surface area contributed by atoms with Gasteiger partial charge in [0.1, 0.15) is 0 Å². The minimum absolute atomic E-state index is 0.0162. The molecule has 0 amide bonds. The Kier molecular flexibility index (Phi) is 1.37. The van der Waals surface area contributed by atoms with Crippen LogP contribution in [-0.4, -0.2) is 23.0 Å². The molecule has 2 aliphatic rings. The van der Waals surface area contributed by atoms with E-state index >= 15 is 0 Å². The second kappa shape index (κ2) is 2.10. The van der Waals surface area contributed by atoms with Crippen LogP contribution in [0.3, 0.4) is 0 Å². The highest BCUT2D eigenvalue weighted by Gasteiger charge is 2.64. The molecule has 1 saturated carbocycles. The largest absolute Gasteiger partial charge is 0.387 e. The monoisotopic (exact) mass is 166 g/mol. The summed E-state index contributed by atoms with van der Waals surface area (Å²) in [4.78, 5) is 4.00. The molecule has 1 aliphatic heterocycles. The fraction of sp³-hybridized carbons (Fsp3) is 0.667. The van der Waals surface area contributed by atoms with Gasteiger partial charge in [0.15, 0.2) is 0 Å². The van der Waals surface area contributed by atoms with Crippen LogP contribution >= 0.6 is 0 Å². The van der Waals surface area contributed by atoms with Crippen molar-refractivity contribution in [1.29, 1.82) is 0 Å². The van der Waals surface area contributed by atoms with Crippen LogP contribution in [0.1, 0.15) is 20.3 Å². The third-order valence-corrected chi connectivity index (χ3v) is 2.94. The highest BCUT2D eigenvalue weighted by Crippen LogP contribution is 2.57. The van der Waals surface area contributed by atoms with E-state index in [-0.39, 0.29) is 11.5 Å². The Balaban J connectivity index is 2.12. The van der Waals surface area contributed by atoms with E-state index in [0.717, 1.165) is 6.42 Å². The smallest absolute Gasteiger partial charge is 0.0956 e. The van der Waals surface area contributed by atoms with E-state index in [4.69, 9.17) is 0 Å². The zero-order valence-electron chi connectivity index (χ0n) is 7.41. The molecule has 1 aliphatic carbocycles. The topological polar surface area (TPSA) is 44.6 Å². The van der Waals surface area contributed by atoms with Gasteiger partial charge in [0, 0.05) is 18.6 Å². The number of aliphatic imine (C=N–C) groups is 1. The zero-order chi connectivity index (χ0) is 8.82. The van der Waals surface area contributed by atoms with Crippen molar-refractivity contribution >= 4 is 6.21 Å². The summed E-state index contributed by atoms with van der Waals surface area (Å²) in [6, 6.07) is -0.0162. The van der Waals surface area contributed by atoms with Crippen molar-refractivity contribution in [2.24, 2.45) is 10.4 Å². The summed E-state index contributed by atoms with van der Waals surface area (Å²) in [5.74, 6) is 0. The zero-order valence-corrected chi connectivity index (χ0v) is 7.41. The molecule has 0 bridgehead atoms. The molecular formula is C9H14N2O. The van der Waals surface area contributed by atoms with E-state index in [9.17, 15) is 5.11 Å². The third-order valence-electron chi connectivity index (χ3n) is 2.94. The van der Waals surface area contributed by atoms with Crippen LogP contribution < -0.4 is 5.32 Å². The van der Waals surface area contributed by atoms with Crippen molar-refractivity contribution in [2.75, 3.05) is 0 Å². The third kappa shape index (κ3) is 0.894. The molecule has 3 nitrogen and oxygen atoms in total. The van der Waals surface area contributed by atoms with Gasteiger partial charge in [0.05, 0.1) is 11.6 Å². The molecule has 2 atom stereocenters. The lowest BCUT2D eigenvalue weighted by molar-refractivity contribution is 0.0946. The van der Waals surface area contributed by atoms with Gasteiger partial charge in [-0.1, -0.05) is 13.8 Å². The van der Waals surface area contributed by atoms with Crippen molar-refractivity contribution < 1.29 is 5.11 Å². The van der Waals surface area contributed by atoms with E-state index in [1.807, 2.05) is 0 Å². The summed E-state index contributed by atoms with van der Waals surface area (Å²) in [6.45, 7) is 4.14.